The van der Waals surface area contributed by atoms with E-state index < -0.39 is 0 Å². The molecule has 0 amide bonds. The third kappa shape index (κ3) is 4.13. The Labute approximate surface area is 133 Å². The average molecular weight is 314 g/mol. The molecule has 0 radical (unpaired) electrons. The molecule has 1 fully saturated rings. The maximum absolute atomic E-state index is 6.31. The minimum absolute atomic E-state index is 0.236. The van der Waals surface area contributed by atoms with Crippen molar-refractivity contribution in [1.29, 1.82) is 0 Å². The van der Waals surface area contributed by atoms with Gasteiger partial charge in [-0.25, -0.2) is 0 Å². The number of halogens is 2. The third-order valence-corrected chi connectivity index (χ3v) is 5.40. The van der Waals surface area contributed by atoms with E-state index in [1.165, 1.54) is 38.5 Å². The van der Waals surface area contributed by atoms with E-state index in [4.69, 9.17) is 23.2 Å². The third-order valence-electron chi connectivity index (χ3n) is 4.57. The molecule has 112 valence electrons. The summed E-state index contributed by atoms with van der Waals surface area (Å²) >= 11 is 12.4. The lowest BCUT2D eigenvalue weighted by molar-refractivity contribution is 0.316. The van der Waals surface area contributed by atoms with Crippen molar-refractivity contribution in [1.82, 2.24) is 5.32 Å². The van der Waals surface area contributed by atoms with E-state index in [1.54, 1.807) is 0 Å². The van der Waals surface area contributed by atoms with Crippen LogP contribution in [0.25, 0.3) is 0 Å². The minimum Gasteiger partial charge on any atom is -0.307 e. The molecule has 0 bridgehead atoms. The molecule has 2 atom stereocenters. The van der Waals surface area contributed by atoms with Gasteiger partial charge in [0.25, 0.3) is 0 Å². The van der Waals surface area contributed by atoms with Crippen LogP contribution >= 0.6 is 23.2 Å². The Morgan fingerprint density at radius 3 is 2.35 bits per heavy atom. The molecule has 1 aliphatic rings. The number of hydrogen-bond donors (Lipinski definition) is 1. The second-order valence-corrected chi connectivity index (χ2v) is 6.86. The highest BCUT2D eigenvalue weighted by Gasteiger charge is 2.21. The molecule has 1 aliphatic carbocycles. The Kier molecular flexibility index (Phi) is 6.20. The molecule has 1 N–H and O–H groups in total. The molecule has 1 saturated carbocycles. The molecule has 2 rings (SSSR count). The van der Waals surface area contributed by atoms with Gasteiger partial charge in [0.2, 0.25) is 0 Å². The first kappa shape index (κ1) is 16.1. The first-order valence-corrected chi connectivity index (χ1v) is 8.55. The van der Waals surface area contributed by atoms with E-state index in [2.05, 4.69) is 25.2 Å². The molecule has 1 aromatic rings. The zero-order chi connectivity index (χ0) is 14.5. The minimum atomic E-state index is 0.236. The van der Waals surface area contributed by atoms with Gasteiger partial charge in [-0.2, -0.15) is 0 Å². The molecule has 20 heavy (non-hydrogen) atoms. The molecule has 3 heteroatoms. The smallest absolute Gasteiger partial charge is 0.0639 e. The standard InChI is InChI=1S/C17H25Cl2N/c1-12(14-8-5-3-4-6-9-14)20-13(2)15-10-7-11-16(18)17(15)19/h7,10-14,20H,3-6,8-9H2,1-2H3/t12-,13?/m0/s1. The van der Waals surface area contributed by atoms with E-state index in [0.29, 0.717) is 16.1 Å². The number of nitrogens with one attached hydrogen (secondary N) is 1. The molecular weight excluding hydrogens is 289 g/mol. The largest absolute Gasteiger partial charge is 0.307 e. The Hall–Kier alpha value is -0.240. The molecule has 0 aromatic heterocycles. The van der Waals surface area contributed by atoms with Gasteiger partial charge in [0, 0.05) is 12.1 Å². The molecule has 0 spiro atoms. The van der Waals surface area contributed by atoms with Crippen LogP contribution in [0, 0.1) is 5.92 Å². The van der Waals surface area contributed by atoms with Crippen LogP contribution in [0.15, 0.2) is 18.2 Å². The van der Waals surface area contributed by atoms with E-state index >= 15 is 0 Å². The van der Waals surface area contributed by atoms with Crippen molar-refractivity contribution < 1.29 is 0 Å². The lowest BCUT2D eigenvalue weighted by atomic mass is 9.92. The monoisotopic (exact) mass is 313 g/mol. The van der Waals surface area contributed by atoms with Gasteiger partial charge in [-0.1, -0.05) is 61.0 Å². The molecule has 1 nitrogen and oxygen atoms in total. The Balaban J connectivity index is 1.99. The topological polar surface area (TPSA) is 12.0 Å². The van der Waals surface area contributed by atoms with Crippen LogP contribution in [-0.2, 0) is 0 Å². The van der Waals surface area contributed by atoms with Crippen molar-refractivity contribution in [2.75, 3.05) is 0 Å². The van der Waals surface area contributed by atoms with Gasteiger partial charge in [0.15, 0.2) is 0 Å². The van der Waals surface area contributed by atoms with Crippen molar-refractivity contribution >= 4 is 23.2 Å². The summed E-state index contributed by atoms with van der Waals surface area (Å²) in [5.74, 6) is 0.790. The van der Waals surface area contributed by atoms with Crippen molar-refractivity contribution in [3.05, 3.63) is 33.8 Å². The number of rotatable bonds is 4. The maximum Gasteiger partial charge on any atom is 0.0639 e. The summed E-state index contributed by atoms with van der Waals surface area (Å²) in [4.78, 5) is 0. The molecular formula is C17H25Cl2N. The van der Waals surface area contributed by atoms with Crippen molar-refractivity contribution in [3.63, 3.8) is 0 Å². The molecule has 1 aromatic carbocycles. The van der Waals surface area contributed by atoms with Crippen molar-refractivity contribution in [2.45, 2.75) is 64.5 Å². The van der Waals surface area contributed by atoms with Crippen LogP contribution in [0.5, 0.6) is 0 Å². The first-order chi connectivity index (χ1) is 9.59. The first-order valence-electron chi connectivity index (χ1n) is 7.79. The highest BCUT2D eigenvalue weighted by Crippen LogP contribution is 2.31. The van der Waals surface area contributed by atoms with E-state index in [-0.39, 0.29) is 6.04 Å². The predicted octanol–water partition coefficient (Wildman–Crippen LogP) is 6.00. The van der Waals surface area contributed by atoms with Crippen LogP contribution in [-0.4, -0.2) is 6.04 Å². The average Bonchev–Trinajstić information content (AvgIpc) is 2.70. The lowest BCUT2D eigenvalue weighted by Crippen LogP contribution is -2.35. The fourth-order valence-electron chi connectivity index (χ4n) is 3.29. The normalized spacial score (nSPS) is 20.4. The van der Waals surface area contributed by atoms with Crippen LogP contribution < -0.4 is 5.32 Å². The summed E-state index contributed by atoms with van der Waals surface area (Å²) < 4.78 is 0. The van der Waals surface area contributed by atoms with Crippen LogP contribution in [0.2, 0.25) is 10.0 Å². The summed E-state index contributed by atoms with van der Waals surface area (Å²) in [6, 6.07) is 6.64. The Morgan fingerprint density at radius 1 is 1.05 bits per heavy atom. The molecule has 1 unspecified atom stereocenters. The SMILES string of the molecule is CC(N[C@@H](C)C1CCCCCC1)c1cccc(Cl)c1Cl. The predicted molar refractivity (Wildman–Crippen MR) is 88.7 cm³/mol. The fraction of sp³-hybridized carbons (Fsp3) is 0.647. The highest BCUT2D eigenvalue weighted by atomic mass is 35.5. The Bertz CT molecular complexity index is 425. The van der Waals surface area contributed by atoms with Crippen molar-refractivity contribution in [3.8, 4) is 0 Å². The van der Waals surface area contributed by atoms with Gasteiger partial charge < -0.3 is 5.32 Å². The molecule has 0 aliphatic heterocycles. The Morgan fingerprint density at radius 2 is 1.70 bits per heavy atom. The zero-order valence-electron chi connectivity index (χ0n) is 12.5. The summed E-state index contributed by atoms with van der Waals surface area (Å²) in [5.41, 5.74) is 1.10. The van der Waals surface area contributed by atoms with Gasteiger partial charge in [0.1, 0.15) is 0 Å². The van der Waals surface area contributed by atoms with E-state index in [0.717, 1.165) is 11.5 Å². The maximum atomic E-state index is 6.31. The van der Waals surface area contributed by atoms with Gasteiger partial charge in [-0.3, -0.25) is 0 Å². The molecule has 0 heterocycles. The van der Waals surface area contributed by atoms with Crippen LogP contribution in [0.3, 0.4) is 0 Å². The summed E-state index contributed by atoms with van der Waals surface area (Å²) in [6.07, 6.45) is 8.26. The number of hydrogen-bond acceptors (Lipinski definition) is 1. The summed E-state index contributed by atoms with van der Waals surface area (Å²) in [5, 5.41) is 5.04. The fourth-order valence-corrected chi connectivity index (χ4v) is 3.76. The lowest BCUT2D eigenvalue weighted by Gasteiger charge is -2.28. The second kappa shape index (κ2) is 7.68. The van der Waals surface area contributed by atoms with Crippen LogP contribution in [0.1, 0.15) is 64.0 Å². The van der Waals surface area contributed by atoms with E-state index in [9.17, 15) is 0 Å². The quantitative estimate of drug-likeness (QED) is 0.672. The van der Waals surface area contributed by atoms with Gasteiger partial charge in [0.05, 0.1) is 10.0 Å². The van der Waals surface area contributed by atoms with Gasteiger partial charge in [-0.05, 0) is 44.2 Å². The summed E-state index contributed by atoms with van der Waals surface area (Å²) in [7, 11) is 0. The zero-order valence-corrected chi connectivity index (χ0v) is 14.0. The highest BCUT2D eigenvalue weighted by molar-refractivity contribution is 6.42. The van der Waals surface area contributed by atoms with Crippen molar-refractivity contribution in [2.24, 2.45) is 5.92 Å². The second-order valence-electron chi connectivity index (χ2n) is 6.07. The number of benzene rings is 1. The van der Waals surface area contributed by atoms with Gasteiger partial charge >= 0.3 is 0 Å². The van der Waals surface area contributed by atoms with Gasteiger partial charge in [-0.15, -0.1) is 0 Å². The van der Waals surface area contributed by atoms with E-state index in [1.807, 2.05) is 12.1 Å². The molecule has 0 saturated heterocycles. The summed E-state index contributed by atoms with van der Waals surface area (Å²) in [6.45, 7) is 4.48. The van der Waals surface area contributed by atoms with Crippen LogP contribution in [0.4, 0.5) is 0 Å².